The molecule has 2 aliphatic heterocycles. The number of halogens is 2. The number of aromatic nitrogens is 4. The number of phenolic OH excluding ortho intramolecular Hbond substituents is 1. The number of rotatable bonds is 24. The molecule has 7 aromatic rings. The van der Waals surface area contributed by atoms with Crippen LogP contribution in [-0.2, 0) is 33.4 Å². The number of piperazine rings is 1. The molecule has 0 radical (unpaired) electrons. The molecular formula is C59H68ClFN10O9S. The molecule has 2 saturated heterocycles. The van der Waals surface area contributed by atoms with E-state index in [1.54, 1.807) is 58.2 Å². The van der Waals surface area contributed by atoms with Gasteiger partial charge in [0, 0.05) is 89.8 Å². The van der Waals surface area contributed by atoms with Crippen LogP contribution in [0.1, 0.15) is 74.2 Å². The minimum Gasteiger partial charge on any atom is -0.508 e. The number of hydrogen-bond acceptors (Lipinski definition) is 16. The summed E-state index contributed by atoms with van der Waals surface area (Å²) in [5.74, 6) is -1.02. The number of aromatic hydroxyl groups is 1. The molecule has 3 aromatic heterocycles. The zero-order valence-electron chi connectivity index (χ0n) is 46.2. The molecule has 0 spiro atoms. The summed E-state index contributed by atoms with van der Waals surface area (Å²) in [6, 6.07) is 21.0. The monoisotopic (exact) mass is 1150 g/mol. The van der Waals surface area contributed by atoms with Gasteiger partial charge >= 0.3 is 0 Å². The molecule has 0 aliphatic carbocycles. The van der Waals surface area contributed by atoms with Crippen molar-refractivity contribution in [3.05, 3.63) is 112 Å². The van der Waals surface area contributed by atoms with E-state index >= 15 is 4.39 Å². The fraction of sp³-hybridized carbons (Fsp3) is 0.424. The second kappa shape index (κ2) is 27.0. The third kappa shape index (κ3) is 14.1. The van der Waals surface area contributed by atoms with Gasteiger partial charge in [-0.2, -0.15) is 4.98 Å². The summed E-state index contributed by atoms with van der Waals surface area (Å²) in [5, 5.41) is 22.8. The maximum absolute atomic E-state index is 17.0. The zero-order valence-corrected chi connectivity index (χ0v) is 47.8. The van der Waals surface area contributed by atoms with Crippen LogP contribution >= 0.6 is 22.9 Å². The molecule has 1 unspecified atom stereocenters. The van der Waals surface area contributed by atoms with Gasteiger partial charge in [-0.15, -0.1) is 11.3 Å². The van der Waals surface area contributed by atoms with Gasteiger partial charge in [0.1, 0.15) is 34.8 Å². The van der Waals surface area contributed by atoms with Crippen LogP contribution in [0.3, 0.4) is 0 Å². The van der Waals surface area contributed by atoms with Crippen LogP contribution in [0.5, 0.6) is 5.75 Å². The number of anilines is 2. The number of likely N-dealkylation sites (N-methyl/N-ethyl adjacent to an activating group) is 1. The Morgan fingerprint density at radius 1 is 0.914 bits per heavy atom. The highest BCUT2D eigenvalue weighted by Gasteiger charge is 2.39. The summed E-state index contributed by atoms with van der Waals surface area (Å²) in [7, 11) is 1.69. The van der Waals surface area contributed by atoms with Crippen molar-refractivity contribution in [3.8, 4) is 27.3 Å². The molecule has 2 fully saturated rings. The summed E-state index contributed by atoms with van der Waals surface area (Å²) in [4.78, 5) is 75.1. The molecule has 4 amide bonds. The van der Waals surface area contributed by atoms with Gasteiger partial charge in [0.05, 0.1) is 65.9 Å². The number of nitrogens with one attached hydrogen (secondary N) is 2. The number of aryl methyl sites for hydroxylation is 2. The molecule has 22 heteroatoms. The summed E-state index contributed by atoms with van der Waals surface area (Å²) < 4.78 is 40.0. The molecule has 428 valence electrons. The number of fused-ring (bicyclic) bond motifs is 2. The van der Waals surface area contributed by atoms with Crippen LogP contribution in [0.15, 0.2) is 82.8 Å². The van der Waals surface area contributed by atoms with E-state index in [0.29, 0.717) is 117 Å². The Hall–Kier alpha value is -7.30. The summed E-state index contributed by atoms with van der Waals surface area (Å²) in [6.45, 7) is 11.7. The first-order valence-corrected chi connectivity index (χ1v) is 28.6. The van der Waals surface area contributed by atoms with Crippen molar-refractivity contribution >= 4 is 80.0 Å². The van der Waals surface area contributed by atoms with Crippen LogP contribution < -0.4 is 15.5 Å². The average Bonchev–Trinajstić information content (AvgIpc) is 4.15. The van der Waals surface area contributed by atoms with E-state index in [-0.39, 0.29) is 90.3 Å². The van der Waals surface area contributed by atoms with Crippen molar-refractivity contribution in [1.82, 2.24) is 40.1 Å². The minimum atomic E-state index is -0.686. The lowest BCUT2D eigenvalue weighted by molar-refractivity contribution is -0.140. The summed E-state index contributed by atoms with van der Waals surface area (Å²) >= 11 is 8.48. The number of benzene rings is 4. The van der Waals surface area contributed by atoms with E-state index in [0.717, 1.165) is 21.7 Å². The Morgan fingerprint density at radius 3 is 2.35 bits per heavy atom. The van der Waals surface area contributed by atoms with Gasteiger partial charge in [0.15, 0.2) is 5.82 Å². The van der Waals surface area contributed by atoms with Gasteiger partial charge in [0.25, 0.3) is 0 Å². The van der Waals surface area contributed by atoms with E-state index in [1.165, 1.54) is 13.0 Å². The molecule has 2 aliphatic rings. The lowest BCUT2D eigenvalue weighted by Crippen LogP contribution is -2.48. The number of carbonyl (C=O) groups is 4. The number of carbonyl (C=O) groups excluding carboxylic acids is 4. The van der Waals surface area contributed by atoms with Crippen LogP contribution in [-0.4, -0.2) is 162 Å². The predicted molar refractivity (Wildman–Crippen MR) is 309 cm³/mol. The first-order chi connectivity index (χ1) is 39.1. The van der Waals surface area contributed by atoms with E-state index in [1.807, 2.05) is 72.8 Å². The topological polar surface area (TPSA) is 218 Å². The summed E-state index contributed by atoms with van der Waals surface area (Å²) in [6.07, 6.45) is 1.67. The van der Waals surface area contributed by atoms with E-state index < -0.39 is 17.8 Å². The zero-order chi connectivity index (χ0) is 57.2. The van der Waals surface area contributed by atoms with Crippen LogP contribution in [0.2, 0.25) is 5.02 Å². The molecule has 19 nitrogen and oxygen atoms in total. The van der Waals surface area contributed by atoms with Crippen molar-refractivity contribution in [3.63, 3.8) is 0 Å². The van der Waals surface area contributed by atoms with Gasteiger partial charge in [-0.1, -0.05) is 65.3 Å². The first-order valence-electron chi connectivity index (χ1n) is 27.3. The standard InChI is InChI=1S/C59H68ClFN10O9S/c1-36-31-50(80-67-36)45(58(76)71-19-8-11-49(71)57(75)64-37(2)40-12-14-41(15-13-40)55-38(3)63-35-81-55)17-25-77-27-29-79-30-28-78-26-24-68(5)51(74)16-18-62-59-65-54-47(56(66-59)70-22-20-69(21-23-70)39(4)72)34-48(60)52(53(54)61)46-33-43(73)32-42-9-6-7-10-44(42)46/h6-7,9-10,12-15,31-35,37,45,49,73H,8,11,16-30H2,1-5H3,(H,64,75)(H,62,65,66)/t37-,45?,49-/m0/s1. The van der Waals surface area contributed by atoms with Crippen molar-refractivity contribution < 1.29 is 47.4 Å². The number of ether oxygens (including phenoxy) is 3. The van der Waals surface area contributed by atoms with E-state index in [9.17, 15) is 24.3 Å². The molecule has 0 bridgehead atoms. The Morgan fingerprint density at radius 2 is 1.64 bits per heavy atom. The number of likely N-dealkylation sites (tertiary alicyclic amines) is 1. The van der Waals surface area contributed by atoms with Crippen molar-refractivity contribution in [1.29, 1.82) is 0 Å². The Labute approximate surface area is 478 Å². The fourth-order valence-electron chi connectivity index (χ4n) is 10.4. The van der Waals surface area contributed by atoms with Crippen LogP contribution in [0.25, 0.3) is 43.2 Å². The largest absolute Gasteiger partial charge is 0.508 e. The van der Waals surface area contributed by atoms with E-state index in [2.05, 4.69) is 25.8 Å². The fourth-order valence-corrected chi connectivity index (χ4v) is 11.5. The second-order valence-corrected chi connectivity index (χ2v) is 21.6. The smallest absolute Gasteiger partial charge is 0.243 e. The normalized spacial score (nSPS) is 15.3. The molecule has 81 heavy (non-hydrogen) atoms. The number of thiazole rings is 1. The molecule has 3 N–H and O–H groups in total. The van der Waals surface area contributed by atoms with Crippen molar-refractivity contribution in [2.24, 2.45) is 0 Å². The number of nitrogens with zero attached hydrogens (tertiary/aromatic N) is 8. The predicted octanol–water partition coefficient (Wildman–Crippen LogP) is 8.70. The van der Waals surface area contributed by atoms with Crippen molar-refractivity contribution in [2.75, 3.05) is 103 Å². The summed E-state index contributed by atoms with van der Waals surface area (Å²) in [5.41, 5.74) is 6.01. The highest BCUT2D eigenvalue weighted by atomic mass is 35.5. The molecule has 0 saturated carbocycles. The maximum Gasteiger partial charge on any atom is 0.243 e. The van der Waals surface area contributed by atoms with E-state index in [4.69, 9.17) is 35.3 Å². The number of phenols is 1. The van der Waals surface area contributed by atoms with Gasteiger partial charge in [-0.05, 0) is 85.7 Å². The van der Waals surface area contributed by atoms with Gasteiger partial charge < -0.3 is 54.1 Å². The Kier molecular flexibility index (Phi) is 19.4. The molecule has 9 rings (SSSR count). The highest BCUT2D eigenvalue weighted by Crippen LogP contribution is 2.42. The third-order valence-electron chi connectivity index (χ3n) is 14.8. The van der Waals surface area contributed by atoms with Gasteiger partial charge in [-0.25, -0.2) is 14.4 Å². The number of amides is 4. The Bertz CT molecular complexity index is 3350. The minimum absolute atomic E-state index is 0.0134. The highest BCUT2D eigenvalue weighted by molar-refractivity contribution is 7.13. The quantitative estimate of drug-likeness (QED) is 0.0482. The lowest BCUT2D eigenvalue weighted by Gasteiger charge is -2.35. The Balaban J connectivity index is 0.702. The number of hydrogen-bond donors (Lipinski definition) is 3. The van der Waals surface area contributed by atoms with Crippen LogP contribution in [0.4, 0.5) is 16.2 Å². The SMILES string of the molecule is CC(=O)N1CCN(c2nc(NCCC(=O)N(C)CCOCCOCCOCCC(C(=O)N3CCC[C@H]3C(=O)N[C@@H](C)c3ccc(-c4scnc4C)cc3)c3cc(C)no3)nc3c(F)c(-c4cc(O)cc5ccccc45)c(Cl)cc23)CC1. The van der Waals surface area contributed by atoms with Crippen molar-refractivity contribution in [2.45, 2.75) is 71.4 Å². The first kappa shape index (κ1) is 58.4. The van der Waals surface area contributed by atoms with Crippen LogP contribution in [0, 0.1) is 19.7 Å². The molecule has 3 atom stereocenters. The van der Waals surface area contributed by atoms with Gasteiger partial charge in [-0.3, -0.25) is 19.2 Å². The third-order valence-corrected chi connectivity index (χ3v) is 16.1. The average molecular weight is 1150 g/mol. The second-order valence-electron chi connectivity index (χ2n) is 20.4. The molecule has 4 aromatic carbocycles. The lowest BCUT2D eigenvalue weighted by atomic mass is 9.96. The molecule has 5 heterocycles. The maximum atomic E-state index is 17.0. The molecular weight excluding hydrogens is 1080 g/mol. The van der Waals surface area contributed by atoms with Gasteiger partial charge in [0.2, 0.25) is 29.6 Å².